The van der Waals surface area contributed by atoms with Crippen LogP contribution in [0.25, 0.3) is 0 Å². The Morgan fingerprint density at radius 3 is 2.80 bits per heavy atom. The van der Waals surface area contributed by atoms with Gasteiger partial charge in [-0.25, -0.2) is 4.79 Å². The number of alkyl carbamates (subject to hydrolysis) is 1. The highest BCUT2D eigenvalue weighted by Gasteiger charge is 2.10. The van der Waals surface area contributed by atoms with Crippen LogP contribution in [0.15, 0.2) is 0 Å². The molecule has 1 fully saturated rings. The molecule has 0 atom stereocenters. The minimum Gasteiger partial charge on any atom is -0.450 e. The highest BCUT2D eigenvalue weighted by Crippen LogP contribution is 2.05. The maximum atomic E-state index is 11.1. The number of likely N-dealkylation sites (tertiary alicyclic amines) is 1. The molecule has 0 saturated carbocycles. The summed E-state index contributed by atoms with van der Waals surface area (Å²) in [6.45, 7) is 6.60. The van der Waals surface area contributed by atoms with Crippen LogP contribution in [0.3, 0.4) is 0 Å². The van der Waals surface area contributed by atoms with Gasteiger partial charge in [-0.05, 0) is 32.4 Å². The predicted octanol–water partition coefficient (Wildman–Crippen LogP) is 1.61. The summed E-state index contributed by atoms with van der Waals surface area (Å²) in [5.74, 6) is 0. The minimum absolute atomic E-state index is 0.275. The molecule has 1 amide bonds. The number of carbonyl (C=O) groups excluding carboxylic acids is 1. The van der Waals surface area contributed by atoms with Crippen molar-refractivity contribution in [3.05, 3.63) is 0 Å². The molecule has 0 aromatic heterocycles. The maximum Gasteiger partial charge on any atom is 0.407 e. The molecule has 1 saturated heterocycles. The van der Waals surface area contributed by atoms with Gasteiger partial charge in [0.15, 0.2) is 0 Å². The first-order valence-corrected chi connectivity index (χ1v) is 5.96. The molecular weight excluding hydrogens is 192 g/mol. The SMILES string of the molecule is CCCCOC(=O)NCCN1CCCC1. The van der Waals surface area contributed by atoms with Crippen LogP contribution < -0.4 is 5.32 Å². The Morgan fingerprint density at radius 2 is 2.13 bits per heavy atom. The molecule has 0 radical (unpaired) electrons. The van der Waals surface area contributed by atoms with Gasteiger partial charge >= 0.3 is 6.09 Å². The average Bonchev–Trinajstić information content (AvgIpc) is 2.71. The van der Waals surface area contributed by atoms with Crippen molar-refractivity contribution in [1.29, 1.82) is 0 Å². The molecule has 1 N–H and O–H groups in total. The fourth-order valence-corrected chi connectivity index (χ4v) is 1.68. The Labute approximate surface area is 92.0 Å². The van der Waals surface area contributed by atoms with Crippen LogP contribution >= 0.6 is 0 Å². The van der Waals surface area contributed by atoms with E-state index < -0.39 is 0 Å². The van der Waals surface area contributed by atoms with E-state index in [1.807, 2.05) is 0 Å². The number of amides is 1. The first-order valence-electron chi connectivity index (χ1n) is 5.96. The summed E-state index contributed by atoms with van der Waals surface area (Å²) in [6.07, 6.45) is 4.31. The zero-order valence-corrected chi connectivity index (χ0v) is 9.63. The second-order valence-electron chi connectivity index (χ2n) is 3.96. The summed E-state index contributed by atoms with van der Waals surface area (Å²) >= 11 is 0. The lowest BCUT2D eigenvalue weighted by Gasteiger charge is -2.14. The van der Waals surface area contributed by atoms with Gasteiger partial charge in [0, 0.05) is 13.1 Å². The van der Waals surface area contributed by atoms with E-state index in [4.69, 9.17) is 4.74 Å². The van der Waals surface area contributed by atoms with Crippen molar-refractivity contribution in [3.63, 3.8) is 0 Å². The van der Waals surface area contributed by atoms with E-state index in [1.165, 1.54) is 25.9 Å². The number of unbranched alkanes of at least 4 members (excludes halogenated alkanes) is 1. The molecule has 4 heteroatoms. The number of hydrogen-bond donors (Lipinski definition) is 1. The van der Waals surface area contributed by atoms with Crippen LogP contribution in [-0.4, -0.2) is 43.8 Å². The van der Waals surface area contributed by atoms with Crippen LogP contribution in [0.5, 0.6) is 0 Å². The molecule has 1 rings (SSSR count). The summed E-state index contributed by atoms with van der Waals surface area (Å²) in [6, 6.07) is 0. The van der Waals surface area contributed by atoms with Crippen LogP contribution in [0.4, 0.5) is 4.79 Å². The molecule has 15 heavy (non-hydrogen) atoms. The summed E-state index contributed by atoms with van der Waals surface area (Å²) < 4.78 is 4.98. The highest BCUT2D eigenvalue weighted by atomic mass is 16.5. The van der Waals surface area contributed by atoms with Crippen molar-refractivity contribution < 1.29 is 9.53 Å². The van der Waals surface area contributed by atoms with E-state index in [1.54, 1.807) is 0 Å². The molecule has 0 aromatic rings. The van der Waals surface area contributed by atoms with Gasteiger partial charge in [-0.15, -0.1) is 0 Å². The van der Waals surface area contributed by atoms with E-state index in [9.17, 15) is 4.79 Å². The monoisotopic (exact) mass is 214 g/mol. The summed E-state index contributed by atoms with van der Waals surface area (Å²) in [4.78, 5) is 13.5. The van der Waals surface area contributed by atoms with Gasteiger partial charge in [0.2, 0.25) is 0 Å². The molecule has 88 valence electrons. The van der Waals surface area contributed by atoms with Crippen LogP contribution in [0, 0.1) is 0 Å². The zero-order chi connectivity index (χ0) is 10.9. The Hall–Kier alpha value is -0.770. The first-order chi connectivity index (χ1) is 7.33. The number of hydrogen-bond acceptors (Lipinski definition) is 3. The largest absolute Gasteiger partial charge is 0.450 e. The van der Waals surface area contributed by atoms with Crippen molar-refractivity contribution in [2.45, 2.75) is 32.6 Å². The van der Waals surface area contributed by atoms with Gasteiger partial charge < -0.3 is 15.0 Å². The molecule has 4 nitrogen and oxygen atoms in total. The third-order valence-corrected chi connectivity index (χ3v) is 2.63. The Balaban J connectivity index is 1.91. The van der Waals surface area contributed by atoms with Gasteiger partial charge in [0.1, 0.15) is 0 Å². The van der Waals surface area contributed by atoms with Gasteiger partial charge in [0.05, 0.1) is 6.61 Å². The molecule has 1 aliphatic rings. The third kappa shape index (κ3) is 5.62. The average molecular weight is 214 g/mol. The lowest BCUT2D eigenvalue weighted by Crippen LogP contribution is -2.33. The fourth-order valence-electron chi connectivity index (χ4n) is 1.68. The molecule has 0 aromatic carbocycles. The number of ether oxygens (including phenoxy) is 1. The van der Waals surface area contributed by atoms with E-state index in [2.05, 4.69) is 17.1 Å². The molecule has 1 aliphatic heterocycles. The molecule has 0 unspecified atom stereocenters. The minimum atomic E-state index is -0.275. The summed E-state index contributed by atoms with van der Waals surface area (Å²) in [5, 5.41) is 2.77. The number of nitrogens with zero attached hydrogens (tertiary/aromatic N) is 1. The van der Waals surface area contributed by atoms with Crippen LogP contribution in [-0.2, 0) is 4.74 Å². The fraction of sp³-hybridized carbons (Fsp3) is 0.909. The van der Waals surface area contributed by atoms with Crippen molar-refractivity contribution in [3.8, 4) is 0 Å². The standard InChI is InChI=1S/C11H22N2O2/c1-2-3-10-15-11(14)12-6-9-13-7-4-5-8-13/h2-10H2,1H3,(H,12,14). The predicted molar refractivity (Wildman–Crippen MR) is 59.9 cm³/mol. The number of carbonyl (C=O) groups is 1. The summed E-state index contributed by atoms with van der Waals surface area (Å²) in [7, 11) is 0. The van der Waals surface area contributed by atoms with Gasteiger partial charge in [-0.2, -0.15) is 0 Å². The zero-order valence-electron chi connectivity index (χ0n) is 9.63. The molecule has 1 heterocycles. The molecule has 0 spiro atoms. The molecule has 0 aliphatic carbocycles. The Morgan fingerprint density at radius 1 is 1.40 bits per heavy atom. The topological polar surface area (TPSA) is 41.6 Å². The van der Waals surface area contributed by atoms with Gasteiger partial charge in [-0.3, -0.25) is 0 Å². The van der Waals surface area contributed by atoms with Gasteiger partial charge in [0.25, 0.3) is 0 Å². The number of rotatable bonds is 6. The molecular formula is C11H22N2O2. The smallest absolute Gasteiger partial charge is 0.407 e. The maximum absolute atomic E-state index is 11.1. The van der Waals surface area contributed by atoms with Crippen LogP contribution in [0.2, 0.25) is 0 Å². The van der Waals surface area contributed by atoms with E-state index >= 15 is 0 Å². The Bertz CT molecular complexity index is 179. The van der Waals surface area contributed by atoms with Crippen LogP contribution in [0.1, 0.15) is 32.6 Å². The van der Waals surface area contributed by atoms with Crippen molar-refractivity contribution >= 4 is 6.09 Å². The van der Waals surface area contributed by atoms with E-state index in [0.29, 0.717) is 13.2 Å². The van der Waals surface area contributed by atoms with E-state index in [0.717, 1.165) is 19.4 Å². The normalized spacial score (nSPS) is 16.6. The first kappa shape index (κ1) is 12.3. The third-order valence-electron chi connectivity index (χ3n) is 2.63. The second-order valence-corrected chi connectivity index (χ2v) is 3.96. The van der Waals surface area contributed by atoms with Crippen molar-refractivity contribution in [2.75, 3.05) is 32.8 Å². The lowest BCUT2D eigenvalue weighted by atomic mass is 10.4. The summed E-state index contributed by atoms with van der Waals surface area (Å²) in [5.41, 5.74) is 0. The molecule has 0 bridgehead atoms. The number of nitrogens with one attached hydrogen (secondary N) is 1. The highest BCUT2D eigenvalue weighted by molar-refractivity contribution is 5.67. The quantitative estimate of drug-likeness (QED) is 0.683. The van der Waals surface area contributed by atoms with Gasteiger partial charge in [-0.1, -0.05) is 13.3 Å². The Kier molecular flexibility index (Phi) is 6.16. The van der Waals surface area contributed by atoms with E-state index in [-0.39, 0.29) is 6.09 Å². The van der Waals surface area contributed by atoms with Crippen molar-refractivity contribution in [1.82, 2.24) is 10.2 Å². The lowest BCUT2D eigenvalue weighted by molar-refractivity contribution is 0.143. The van der Waals surface area contributed by atoms with Crippen molar-refractivity contribution in [2.24, 2.45) is 0 Å². The second kappa shape index (κ2) is 7.51.